The average Bonchev–Trinajstić information content (AvgIpc) is 2.56. The Labute approximate surface area is 78.6 Å². The highest BCUT2D eigenvalue weighted by atomic mass is 16.1. The maximum atomic E-state index is 11.5. The van der Waals surface area contributed by atoms with Crippen molar-refractivity contribution in [1.82, 2.24) is 4.57 Å². The summed E-state index contributed by atoms with van der Waals surface area (Å²) in [6.07, 6.45) is 3.83. The molecular formula is C11H15NO. The largest absolute Gasteiger partial charge is 0.342 e. The first-order valence-corrected chi connectivity index (χ1v) is 4.88. The Hall–Kier alpha value is -1.05. The standard InChI is InChI=1S/C11H15NO/c1-8(2)6-9-7-11(13)10-4-3-5-12(9)10/h3-5,8-9H,6-7H2,1-2H3. The molecule has 1 aliphatic heterocycles. The molecule has 2 nitrogen and oxygen atoms in total. The second kappa shape index (κ2) is 3.02. The van der Waals surface area contributed by atoms with Crippen molar-refractivity contribution in [3.8, 4) is 0 Å². The molecule has 0 radical (unpaired) electrons. The number of nitrogens with zero attached hydrogens (tertiary/aromatic N) is 1. The van der Waals surface area contributed by atoms with Crippen LogP contribution in [0.1, 0.15) is 43.2 Å². The molecule has 1 aliphatic rings. The van der Waals surface area contributed by atoms with Crippen molar-refractivity contribution in [3.63, 3.8) is 0 Å². The third kappa shape index (κ3) is 1.41. The Morgan fingerprint density at radius 3 is 3.08 bits per heavy atom. The highest BCUT2D eigenvalue weighted by Crippen LogP contribution is 2.30. The summed E-state index contributed by atoms with van der Waals surface area (Å²) in [6, 6.07) is 4.29. The molecule has 2 heterocycles. The maximum Gasteiger partial charge on any atom is 0.181 e. The van der Waals surface area contributed by atoms with Gasteiger partial charge in [-0.3, -0.25) is 4.79 Å². The second-order valence-electron chi connectivity index (χ2n) is 4.21. The Balaban J connectivity index is 2.23. The molecule has 0 spiro atoms. The molecule has 13 heavy (non-hydrogen) atoms. The van der Waals surface area contributed by atoms with E-state index in [2.05, 4.69) is 18.4 Å². The van der Waals surface area contributed by atoms with Crippen LogP contribution in [0.25, 0.3) is 0 Å². The summed E-state index contributed by atoms with van der Waals surface area (Å²) < 4.78 is 2.13. The molecule has 0 saturated heterocycles. The van der Waals surface area contributed by atoms with Crippen LogP contribution in [0.3, 0.4) is 0 Å². The molecule has 2 rings (SSSR count). The molecule has 2 heteroatoms. The predicted molar refractivity (Wildman–Crippen MR) is 51.9 cm³/mol. The van der Waals surface area contributed by atoms with Crippen LogP contribution in [-0.2, 0) is 0 Å². The lowest BCUT2D eigenvalue weighted by Crippen LogP contribution is -2.05. The lowest BCUT2D eigenvalue weighted by molar-refractivity contribution is 0.0987. The van der Waals surface area contributed by atoms with E-state index in [0.29, 0.717) is 24.2 Å². The minimum absolute atomic E-state index is 0.302. The van der Waals surface area contributed by atoms with E-state index in [0.717, 1.165) is 12.1 Å². The summed E-state index contributed by atoms with van der Waals surface area (Å²) in [5.41, 5.74) is 0.894. The van der Waals surface area contributed by atoms with Crippen molar-refractivity contribution in [2.24, 2.45) is 5.92 Å². The monoisotopic (exact) mass is 177 g/mol. The summed E-state index contributed by atoms with van der Waals surface area (Å²) in [7, 11) is 0. The smallest absolute Gasteiger partial charge is 0.181 e. The van der Waals surface area contributed by atoms with Gasteiger partial charge in [0, 0.05) is 18.7 Å². The quantitative estimate of drug-likeness (QED) is 0.680. The first kappa shape index (κ1) is 8.54. The average molecular weight is 177 g/mol. The molecule has 1 atom stereocenters. The molecule has 0 N–H and O–H groups in total. The normalized spacial score (nSPS) is 21.2. The van der Waals surface area contributed by atoms with Gasteiger partial charge in [0.05, 0.1) is 5.69 Å². The van der Waals surface area contributed by atoms with E-state index in [9.17, 15) is 4.79 Å². The van der Waals surface area contributed by atoms with Crippen molar-refractivity contribution < 1.29 is 4.79 Å². The van der Waals surface area contributed by atoms with Crippen LogP contribution in [0.15, 0.2) is 18.3 Å². The summed E-state index contributed by atoms with van der Waals surface area (Å²) in [6.45, 7) is 4.40. The molecule has 1 unspecified atom stereocenters. The van der Waals surface area contributed by atoms with Crippen LogP contribution in [0.4, 0.5) is 0 Å². The number of Topliss-reactive ketones (excluding diaryl/α,β-unsaturated/α-hetero) is 1. The van der Waals surface area contributed by atoms with Crippen molar-refractivity contribution >= 4 is 5.78 Å². The third-order valence-electron chi connectivity index (χ3n) is 2.62. The Bertz CT molecular complexity index is 325. The lowest BCUT2D eigenvalue weighted by atomic mass is 10.0. The van der Waals surface area contributed by atoms with E-state index < -0.39 is 0 Å². The second-order valence-corrected chi connectivity index (χ2v) is 4.21. The van der Waals surface area contributed by atoms with Crippen LogP contribution in [0, 0.1) is 5.92 Å². The van der Waals surface area contributed by atoms with Crippen molar-refractivity contribution in [2.75, 3.05) is 0 Å². The molecule has 1 aromatic rings. The number of fused-ring (bicyclic) bond motifs is 1. The fraction of sp³-hybridized carbons (Fsp3) is 0.545. The number of carbonyl (C=O) groups excluding carboxylic acids is 1. The van der Waals surface area contributed by atoms with Gasteiger partial charge in [-0.1, -0.05) is 13.8 Å². The number of hydrogen-bond acceptors (Lipinski definition) is 1. The molecule has 1 aromatic heterocycles. The summed E-state index contributed by atoms with van der Waals surface area (Å²) in [4.78, 5) is 11.5. The number of aromatic nitrogens is 1. The Morgan fingerprint density at radius 1 is 1.62 bits per heavy atom. The summed E-state index contributed by atoms with van der Waals surface area (Å²) >= 11 is 0. The summed E-state index contributed by atoms with van der Waals surface area (Å²) in [5.74, 6) is 0.960. The number of ketones is 1. The molecule has 0 aliphatic carbocycles. The predicted octanol–water partition coefficient (Wildman–Crippen LogP) is 2.66. The topological polar surface area (TPSA) is 22.0 Å². The van der Waals surface area contributed by atoms with Crippen molar-refractivity contribution in [3.05, 3.63) is 24.0 Å². The molecular weight excluding hydrogens is 162 g/mol. The van der Waals surface area contributed by atoms with Gasteiger partial charge in [-0.25, -0.2) is 0 Å². The molecule has 0 saturated carbocycles. The van der Waals surface area contributed by atoms with Gasteiger partial charge in [0.25, 0.3) is 0 Å². The van der Waals surface area contributed by atoms with Crippen molar-refractivity contribution in [1.29, 1.82) is 0 Å². The van der Waals surface area contributed by atoms with Crippen LogP contribution >= 0.6 is 0 Å². The number of hydrogen-bond donors (Lipinski definition) is 0. The molecule has 0 fully saturated rings. The first-order chi connectivity index (χ1) is 6.18. The first-order valence-electron chi connectivity index (χ1n) is 4.88. The van der Waals surface area contributed by atoms with Crippen LogP contribution < -0.4 is 0 Å². The van der Waals surface area contributed by atoms with Gasteiger partial charge in [-0.2, -0.15) is 0 Å². The van der Waals surface area contributed by atoms with Crippen LogP contribution in [0.5, 0.6) is 0 Å². The van der Waals surface area contributed by atoms with Crippen LogP contribution in [0.2, 0.25) is 0 Å². The number of rotatable bonds is 2. The lowest BCUT2D eigenvalue weighted by Gasteiger charge is -2.14. The van der Waals surface area contributed by atoms with Gasteiger partial charge in [-0.15, -0.1) is 0 Å². The van der Waals surface area contributed by atoms with Gasteiger partial charge >= 0.3 is 0 Å². The zero-order valence-electron chi connectivity index (χ0n) is 8.16. The van der Waals surface area contributed by atoms with Gasteiger partial charge in [0.1, 0.15) is 0 Å². The number of carbonyl (C=O) groups is 1. The highest BCUT2D eigenvalue weighted by Gasteiger charge is 2.28. The van der Waals surface area contributed by atoms with E-state index in [1.54, 1.807) is 0 Å². The minimum atomic E-state index is 0.302. The maximum absolute atomic E-state index is 11.5. The van der Waals surface area contributed by atoms with E-state index >= 15 is 0 Å². The zero-order valence-corrected chi connectivity index (χ0v) is 8.16. The molecule has 70 valence electrons. The Morgan fingerprint density at radius 2 is 2.38 bits per heavy atom. The van der Waals surface area contributed by atoms with Crippen molar-refractivity contribution in [2.45, 2.75) is 32.7 Å². The van der Waals surface area contributed by atoms with Gasteiger partial charge in [0.15, 0.2) is 5.78 Å². The molecule has 0 amide bonds. The molecule has 0 bridgehead atoms. The van der Waals surface area contributed by atoms with Gasteiger partial charge in [-0.05, 0) is 24.5 Å². The van der Waals surface area contributed by atoms with Gasteiger partial charge in [0.2, 0.25) is 0 Å². The Kier molecular flexibility index (Phi) is 1.98. The fourth-order valence-corrected chi connectivity index (χ4v) is 2.11. The zero-order chi connectivity index (χ0) is 9.42. The highest BCUT2D eigenvalue weighted by molar-refractivity contribution is 5.97. The van der Waals surface area contributed by atoms with Gasteiger partial charge < -0.3 is 4.57 Å². The van der Waals surface area contributed by atoms with E-state index in [1.807, 2.05) is 18.3 Å². The SMILES string of the molecule is CC(C)CC1CC(=O)c2cccn21. The minimum Gasteiger partial charge on any atom is -0.342 e. The van der Waals surface area contributed by atoms with E-state index in [1.165, 1.54) is 0 Å². The summed E-state index contributed by atoms with van der Waals surface area (Å²) in [5, 5.41) is 0. The fourth-order valence-electron chi connectivity index (χ4n) is 2.11. The van der Waals surface area contributed by atoms with E-state index in [-0.39, 0.29) is 0 Å². The third-order valence-corrected chi connectivity index (χ3v) is 2.62. The van der Waals surface area contributed by atoms with E-state index in [4.69, 9.17) is 0 Å². The molecule has 0 aromatic carbocycles. The van der Waals surface area contributed by atoms with Crippen LogP contribution in [-0.4, -0.2) is 10.4 Å².